The topological polar surface area (TPSA) is 23.8 Å². The Morgan fingerprint density at radius 2 is 1.71 bits per heavy atom. The fourth-order valence-electron chi connectivity index (χ4n) is 3.22. The molecule has 2 heteroatoms. The second-order valence-corrected chi connectivity index (χ2v) is 6.10. The van der Waals surface area contributed by atoms with Gasteiger partial charge in [0.05, 0.1) is 11.6 Å². The Morgan fingerprint density at radius 3 is 2.33 bits per heavy atom. The van der Waals surface area contributed by atoms with E-state index in [-0.39, 0.29) is 6.67 Å². The molecular weight excluding hydrogens is 261 g/mol. The van der Waals surface area contributed by atoms with Gasteiger partial charge in [0, 0.05) is 0 Å². The van der Waals surface area contributed by atoms with Gasteiger partial charge in [-0.3, -0.25) is 0 Å². The molecule has 1 saturated carbocycles. The Labute approximate surface area is 127 Å². The molecule has 2 rings (SSSR count). The summed E-state index contributed by atoms with van der Waals surface area (Å²) in [7, 11) is 0. The van der Waals surface area contributed by atoms with Crippen molar-refractivity contribution >= 4 is 0 Å². The Bertz CT molecular complexity index is 475. The summed E-state index contributed by atoms with van der Waals surface area (Å²) in [6, 6.07) is 10.1. The average Bonchev–Trinajstić information content (AvgIpc) is 2.55. The molecule has 0 amide bonds. The molecule has 0 aromatic heterocycles. The molecular formula is C19H24FN. The molecule has 0 spiro atoms. The van der Waals surface area contributed by atoms with E-state index >= 15 is 0 Å². The maximum atomic E-state index is 12.0. The summed E-state index contributed by atoms with van der Waals surface area (Å²) >= 11 is 0. The summed E-state index contributed by atoms with van der Waals surface area (Å²) in [4.78, 5) is 0. The van der Waals surface area contributed by atoms with Gasteiger partial charge in [-0.05, 0) is 61.6 Å². The van der Waals surface area contributed by atoms with E-state index in [1.54, 1.807) is 6.08 Å². The van der Waals surface area contributed by atoms with Gasteiger partial charge in [-0.2, -0.15) is 5.26 Å². The Kier molecular flexibility index (Phi) is 6.47. The second-order valence-electron chi connectivity index (χ2n) is 6.10. The fraction of sp³-hybridized carbons (Fsp3) is 0.526. The van der Waals surface area contributed by atoms with Crippen molar-refractivity contribution in [2.75, 3.05) is 6.67 Å². The second kappa shape index (κ2) is 8.62. The fourth-order valence-corrected chi connectivity index (χ4v) is 3.22. The van der Waals surface area contributed by atoms with E-state index in [1.807, 2.05) is 18.2 Å². The first-order valence-corrected chi connectivity index (χ1v) is 8.02. The van der Waals surface area contributed by atoms with Gasteiger partial charge in [0.1, 0.15) is 6.67 Å². The first-order chi connectivity index (χ1) is 10.3. The molecule has 0 N–H and O–H groups in total. The number of hydrogen-bond donors (Lipinski definition) is 0. The highest BCUT2D eigenvalue weighted by Crippen LogP contribution is 2.33. The molecule has 1 aromatic carbocycles. The number of allylic oxidation sites excluding steroid dienone is 2. The van der Waals surface area contributed by atoms with Crippen molar-refractivity contribution in [1.82, 2.24) is 0 Å². The molecule has 0 aliphatic heterocycles. The lowest BCUT2D eigenvalue weighted by Gasteiger charge is -2.27. The lowest BCUT2D eigenvalue weighted by Crippen LogP contribution is -2.14. The maximum absolute atomic E-state index is 12.0. The number of halogens is 1. The summed E-state index contributed by atoms with van der Waals surface area (Å²) in [6.45, 7) is -0.333. The lowest BCUT2D eigenvalue weighted by atomic mass is 9.78. The highest BCUT2D eigenvalue weighted by molar-refractivity contribution is 5.31. The summed E-state index contributed by atoms with van der Waals surface area (Å²) in [6.07, 6.45) is 12.2. The van der Waals surface area contributed by atoms with E-state index in [4.69, 9.17) is 5.26 Å². The number of benzene rings is 1. The first-order valence-electron chi connectivity index (χ1n) is 8.02. The molecule has 0 unspecified atom stereocenters. The third-order valence-corrected chi connectivity index (χ3v) is 4.62. The molecule has 1 aliphatic rings. The third-order valence-electron chi connectivity index (χ3n) is 4.62. The summed E-state index contributed by atoms with van der Waals surface area (Å²) in [5.41, 5.74) is 2.07. The minimum atomic E-state index is -0.333. The largest absolute Gasteiger partial charge is 0.247 e. The number of nitriles is 1. The van der Waals surface area contributed by atoms with Crippen LogP contribution in [0.4, 0.5) is 4.39 Å². The zero-order valence-corrected chi connectivity index (χ0v) is 12.6. The van der Waals surface area contributed by atoms with E-state index in [0.29, 0.717) is 0 Å². The maximum Gasteiger partial charge on any atom is 0.108 e. The highest BCUT2D eigenvalue weighted by Gasteiger charge is 2.20. The van der Waals surface area contributed by atoms with Crippen molar-refractivity contribution in [3.05, 3.63) is 47.5 Å². The monoisotopic (exact) mass is 285 g/mol. The standard InChI is InChI=1S/C19H24FN/c20-14-2-1-3-16-4-6-17(7-5-16)8-9-18-10-12-19(15-21)13-11-18/h1-2,10-13,16-17H,3-9,14H2/b2-1+. The predicted octanol–water partition coefficient (Wildman–Crippen LogP) is 5.21. The van der Waals surface area contributed by atoms with Crippen LogP contribution in [0.2, 0.25) is 0 Å². The number of alkyl halides is 1. The highest BCUT2D eigenvalue weighted by atomic mass is 19.1. The van der Waals surface area contributed by atoms with Crippen LogP contribution in [0.5, 0.6) is 0 Å². The average molecular weight is 285 g/mol. The molecule has 1 aliphatic carbocycles. The Hall–Kier alpha value is -1.62. The minimum Gasteiger partial charge on any atom is -0.247 e. The zero-order chi connectivity index (χ0) is 14.9. The van der Waals surface area contributed by atoms with Crippen LogP contribution >= 0.6 is 0 Å². The smallest absolute Gasteiger partial charge is 0.108 e. The molecule has 1 fully saturated rings. The van der Waals surface area contributed by atoms with Crippen molar-refractivity contribution in [1.29, 1.82) is 5.26 Å². The van der Waals surface area contributed by atoms with Crippen LogP contribution in [-0.2, 0) is 6.42 Å². The van der Waals surface area contributed by atoms with Gasteiger partial charge in [-0.1, -0.05) is 37.1 Å². The first kappa shape index (κ1) is 15.8. The van der Waals surface area contributed by atoms with Crippen LogP contribution in [0.25, 0.3) is 0 Å². The molecule has 0 radical (unpaired) electrons. The molecule has 1 aromatic rings. The van der Waals surface area contributed by atoms with E-state index in [0.717, 1.165) is 30.2 Å². The van der Waals surface area contributed by atoms with E-state index in [2.05, 4.69) is 18.2 Å². The van der Waals surface area contributed by atoms with Crippen LogP contribution in [0.15, 0.2) is 36.4 Å². The van der Waals surface area contributed by atoms with Crippen LogP contribution in [-0.4, -0.2) is 6.67 Å². The van der Waals surface area contributed by atoms with Crippen molar-refractivity contribution in [2.45, 2.75) is 44.9 Å². The number of rotatable bonds is 6. The van der Waals surface area contributed by atoms with Gasteiger partial charge in [0.15, 0.2) is 0 Å². The van der Waals surface area contributed by atoms with Gasteiger partial charge in [-0.15, -0.1) is 0 Å². The van der Waals surface area contributed by atoms with E-state index in [1.165, 1.54) is 37.7 Å². The van der Waals surface area contributed by atoms with Gasteiger partial charge in [0.2, 0.25) is 0 Å². The number of nitrogens with zero attached hydrogens (tertiary/aromatic N) is 1. The van der Waals surface area contributed by atoms with E-state index < -0.39 is 0 Å². The van der Waals surface area contributed by atoms with Crippen LogP contribution < -0.4 is 0 Å². The van der Waals surface area contributed by atoms with Gasteiger partial charge >= 0.3 is 0 Å². The van der Waals surface area contributed by atoms with Gasteiger partial charge in [0.25, 0.3) is 0 Å². The van der Waals surface area contributed by atoms with Crippen molar-refractivity contribution < 1.29 is 4.39 Å². The zero-order valence-electron chi connectivity index (χ0n) is 12.6. The number of hydrogen-bond acceptors (Lipinski definition) is 1. The van der Waals surface area contributed by atoms with Crippen molar-refractivity contribution in [3.63, 3.8) is 0 Å². The summed E-state index contributed by atoms with van der Waals surface area (Å²) < 4.78 is 12.0. The van der Waals surface area contributed by atoms with Crippen molar-refractivity contribution in [3.8, 4) is 6.07 Å². The van der Waals surface area contributed by atoms with Crippen LogP contribution in [0.1, 0.15) is 49.7 Å². The molecule has 112 valence electrons. The molecule has 1 nitrogen and oxygen atoms in total. The minimum absolute atomic E-state index is 0.333. The lowest BCUT2D eigenvalue weighted by molar-refractivity contribution is 0.265. The summed E-state index contributed by atoms with van der Waals surface area (Å²) in [5.74, 6) is 1.60. The summed E-state index contributed by atoms with van der Waals surface area (Å²) in [5, 5.41) is 8.79. The van der Waals surface area contributed by atoms with Gasteiger partial charge in [-0.25, -0.2) is 4.39 Å². The normalized spacial score (nSPS) is 22.3. The van der Waals surface area contributed by atoms with E-state index in [9.17, 15) is 4.39 Å². The van der Waals surface area contributed by atoms with Crippen LogP contribution in [0.3, 0.4) is 0 Å². The SMILES string of the molecule is N#Cc1ccc(CCC2CCC(C/C=C/CF)CC2)cc1. The van der Waals surface area contributed by atoms with Crippen LogP contribution in [0, 0.1) is 23.2 Å². The quantitative estimate of drug-likeness (QED) is 0.658. The predicted molar refractivity (Wildman–Crippen MR) is 84.7 cm³/mol. The molecule has 21 heavy (non-hydrogen) atoms. The van der Waals surface area contributed by atoms with Crippen molar-refractivity contribution in [2.24, 2.45) is 11.8 Å². The molecule has 0 bridgehead atoms. The molecule has 0 atom stereocenters. The number of aryl methyl sites for hydroxylation is 1. The Morgan fingerprint density at radius 1 is 1.05 bits per heavy atom. The molecule has 0 saturated heterocycles. The third kappa shape index (κ3) is 5.34. The molecule has 0 heterocycles. The Balaban J connectivity index is 1.68. The van der Waals surface area contributed by atoms with Gasteiger partial charge < -0.3 is 0 Å².